The van der Waals surface area contributed by atoms with Crippen molar-refractivity contribution in [3.63, 3.8) is 0 Å². The van der Waals surface area contributed by atoms with Crippen LogP contribution in [0.1, 0.15) is 40.1 Å². The van der Waals surface area contributed by atoms with Crippen molar-refractivity contribution in [1.82, 2.24) is 9.88 Å². The summed E-state index contributed by atoms with van der Waals surface area (Å²) in [5.74, 6) is -0.952. The molecule has 8 heteroatoms. The molecule has 0 fully saturated rings. The summed E-state index contributed by atoms with van der Waals surface area (Å²) in [6.45, 7) is 4.16. The molecule has 1 aromatic heterocycles. The number of rotatable bonds is 6. The summed E-state index contributed by atoms with van der Waals surface area (Å²) in [5.41, 5.74) is 4.26. The molecule has 0 spiro atoms. The molecule has 2 aromatic carbocycles. The first-order valence-electron chi connectivity index (χ1n) is 10.8. The van der Waals surface area contributed by atoms with Gasteiger partial charge in [0.1, 0.15) is 11.2 Å². The topological polar surface area (TPSA) is 88.6 Å². The average Bonchev–Trinajstić information content (AvgIpc) is 3.15. The predicted molar refractivity (Wildman–Crippen MR) is 130 cm³/mol. The lowest BCUT2D eigenvalue weighted by atomic mass is 10.00. The first-order valence-corrected chi connectivity index (χ1v) is 11.2. The van der Waals surface area contributed by atoms with Crippen molar-refractivity contribution in [3.05, 3.63) is 82.6 Å². The van der Waals surface area contributed by atoms with Crippen LogP contribution in [0, 0.1) is 5.92 Å². The number of hydrogen-bond donors (Lipinski definition) is 1. The van der Waals surface area contributed by atoms with Crippen molar-refractivity contribution in [3.8, 4) is 11.1 Å². The average molecular weight is 478 g/mol. The van der Waals surface area contributed by atoms with Crippen LogP contribution in [0.4, 0.5) is 5.69 Å². The molecule has 0 saturated heterocycles. The van der Waals surface area contributed by atoms with E-state index in [1.807, 2.05) is 44.2 Å². The van der Waals surface area contributed by atoms with Gasteiger partial charge < -0.3 is 15.0 Å². The summed E-state index contributed by atoms with van der Waals surface area (Å²) in [4.78, 5) is 43.3. The van der Waals surface area contributed by atoms with Crippen LogP contribution < -0.4 is 5.32 Å². The van der Waals surface area contributed by atoms with Crippen LogP contribution >= 0.6 is 11.6 Å². The second-order valence-corrected chi connectivity index (χ2v) is 8.81. The predicted octanol–water partition coefficient (Wildman–Crippen LogP) is 4.81. The molecule has 174 valence electrons. The summed E-state index contributed by atoms with van der Waals surface area (Å²) >= 11 is 5.77. The van der Waals surface area contributed by atoms with Crippen LogP contribution in [-0.4, -0.2) is 40.8 Å². The van der Waals surface area contributed by atoms with E-state index in [0.29, 0.717) is 28.5 Å². The summed E-state index contributed by atoms with van der Waals surface area (Å²) in [6, 6.07) is 15.6. The van der Waals surface area contributed by atoms with E-state index in [0.717, 1.165) is 16.7 Å². The SMILES string of the molecule is COC(=O)[C@H](C(C)C)N1Cc2ccc(-c3ccc(NC(=O)c4ccc(Cl)nc4)cc3)cc2C1=O. The molecule has 0 aliphatic carbocycles. The normalized spacial score (nSPS) is 13.6. The van der Waals surface area contributed by atoms with Gasteiger partial charge in [0.15, 0.2) is 0 Å². The van der Waals surface area contributed by atoms with E-state index in [4.69, 9.17) is 16.3 Å². The number of nitrogens with zero attached hydrogens (tertiary/aromatic N) is 2. The summed E-state index contributed by atoms with van der Waals surface area (Å²) in [7, 11) is 1.34. The Hall–Kier alpha value is -3.71. The monoisotopic (exact) mass is 477 g/mol. The van der Waals surface area contributed by atoms with Crippen LogP contribution in [-0.2, 0) is 16.1 Å². The zero-order valence-corrected chi connectivity index (χ0v) is 19.8. The molecular formula is C26H24ClN3O4. The summed E-state index contributed by atoms with van der Waals surface area (Å²) in [5, 5.41) is 3.14. The van der Waals surface area contributed by atoms with E-state index < -0.39 is 12.0 Å². The number of nitrogens with one attached hydrogen (secondary N) is 1. The van der Waals surface area contributed by atoms with Gasteiger partial charge in [-0.15, -0.1) is 0 Å². The Morgan fingerprint density at radius 1 is 1.06 bits per heavy atom. The third kappa shape index (κ3) is 4.65. The van der Waals surface area contributed by atoms with Crippen LogP contribution in [0.2, 0.25) is 5.15 Å². The zero-order chi connectivity index (χ0) is 24.4. The molecule has 0 radical (unpaired) electrons. The lowest BCUT2D eigenvalue weighted by molar-refractivity contribution is -0.147. The van der Waals surface area contributed by atoms with E-state index >= 15 is 0 Å². The first-order chi connectivity index (χ1) is 16.3. The molecule has 34 heavy (non-hydrogen) atoms. The quantitative estimate of drug-likeness (QED) is 0.406. The van der Waals surface area contributed by atoms with Crippen LogP contribution in [0.25, 0.3) is 11.1 Å². The fourth-order valence-electron chi connectivity index (χ4n) is 4.07. The van der Waals surface area contributed by atoms with Gasteiger partial charge in [-0.25, -0.2) is 9.78 Å². The second-order valence-electron chi connectivity index (χ2n) is 8.42. The summed E-state index contributed by atoms with van der Waals surface area (Å²) in [6.07, 6.45) is 1.42. The number of amides is 2. The lowest BCUT2D eigenvalue weighted by Gasteiger charge is -2.28. The Labute approximate surface area is 202 Å². The number of anilines is 1. The molecule has 7 nitrogen and oxygen atoms in total. The van der Waals surface area contributed by atoms with E-state index in [1.54, 1.807) is 29.2 Å². The van der Waals surface area contributed by atoms with Crippen molar-refractivity contribution in [2.24, 2.45) is 5.92 Å². The first kappa shape index (κ1) is 23.4. The van der Waals surface area contributed by atoms with E-state index in [9.17, 15) is 14.4 Å². The van der Waals surface area contributed by atoms with Crippen molar-refractivity contribution in [2.45, 2.75) is 26.4 Å². The fourth-order valence-corrected chi connectivity index (χ4v) is 4.18. The van der Waals surface area contributed by atoms with Crippen molar-refractivity contribution in [1.29, 1.82) is 0 Å². The van der Waals surface area contributed by atoms with Gasteiger partial charge in [-0.1, -0.05) is 49.7 Å². The van der Waals surface area contributed by atoms with Gasteiger partial charge in [0, 0.05) is 24.0 Å². The van der Waals surface area contributed by atoms with E-state index in [1.165, 1.54) is 13.3 Å². The Balaban J connectivity index is 1.51. The van der Waals surface area contributed by atoms with Crippen molar-refractivity contribution in [2.75, 3.05) is 12.4 Å². The molecule has 1 aliphatic rings. The minimum Gasteiger partial charge on any atom is -0.467 e. The number of halogens is 1. The van der Waals surface area contributed by atoms with Gasteiger partial charge in [0.2, 0.25) is 0 Å². The number of aromatic nitrogens is 1. The molecule has 2 amide bonds. The standard InChI is InChI=1S/C26H24ClN3O4/c1-15(2)23(26(33)34-3)30-14-19-5-4-17(12-21(19)25(30)32)16-6-9-20(10-7-16)29-24(31)18-8-11-22(27)28-13-18/h4-13,15,23H,14H2,1-3H3,(H,29,31)/t23-/m0/s1. The lowest BCUT2D eigenvalue weighted by Crippen LogP contribution is -2.45. The van der Waals surface area contributed by atoms with Gasteiger partial charge in [0.05, 0.1) is 12.7 Å². The highest BCUT2D eigenvalue weighted by Crippen LogP contribution is 2.32. The summed E-state index contributed by atoms with van der Waals surface area (Å²) < 4.78 is 4.93. The number of carbonyl (C=O) groups excluding carboxylic acids is 3. The number of hydrogen-bond acceptors (Lipinski definition) is 5. The molecule has 0 saturated carbocycles. The van der Waals surface area contributed by atoms with Crippen LogP contribution in [0.5, 0.6) is 0 Å². The fraction of sp³-hybridized carbons (Fsp3) is 0.231. The number of benzene rings is 2. The van der Waals surface area contributed by atoms with Gasteiger partial charge >= 0.3 is 5.97 Å². The molecular weight excluding hydrogens is 454 g/mol. The third-order valence-corrected chi connectivity index (χ3v) is 6.04. The molecule has 1 N–H and O–H groups in total. The van der Waals surface area contributed by atoms with Crippen molar-refractivity contribution < 1.29 is 19.1 Å². The number of fused-ring (bicyclic) bond motifs is 1. The second kappa shape index (κ2) is 9.65. The maximum absolute atomic E-state index is 13.1. The Bertz CT molecular complexity index is 1240. The number of methoxy groups -OCH3 is 1. The Morgan fingerprint density at radius 3 is 2.38 bits per heavy atom. The molecule has 0 bridgehead atoms. The molecule has 4 rings (SSSR count). The zero-order valence-electron chi connectivity index (χ0n) is 19.0. The number of pyridine rings is 1. The van der Waals surface area contributed by atoms with Gasteiger partial charge in [-0.2, -0.15) is 0 Å². The van der Waals surface area contributed by atoms with Crippen LogP contribution in [0.3, 0.4) is 0 Å². The molecule has 1 aliphatic heterocycles. The van der Waals surface area contributed by atoms with Gasteiger partial charge in [0.25, 0.3) is 11.8 Å². The van der Waals surface area contributed by atoms with Gasteiger partial charge in [-0.3, -0.25) is 9.59 Å². The molecule has 1 atom stereocenters. The highest BCUT2D eigenvalue weighted by Gasteiger charge is 2.38. The smallest absolute Gasteiger partial charge is 0.328 e. The number of esters is 1. The van der Waals surface area contributed by atoms with Gasteiger partial charge in [-0.05, 0) is 52.9 Å². The van der Waals surface area contributed by atoms with Crippen LogP contribution in [0.15, 0.2) is 60.8 Å². The largest absolute Gasteiger partial charge is 0.467 e. The third-order valence-electron chi connectivity index (χ3n) is 5.82. The highest BCUT2D eigenvalue weighted by molar-refractivity contribution is 6.29. The minimum atomic E-state index is -0.632. The maximum atomic E-state index is 13.1. The molecule has 2 heterocycles. The number of carbonyl (C=O) groups is 3. The minimum absolute atomic E-state index is 0.0726. The molecule has 0 unspecified atom stereocenters. The maximum Gasteiger partial charge on any atom is 0.328 e. The van der Waals surface area contributed by atoms with E-state index in [-0.39, 0.29) is 17.7 Å². The highest BCUT2D eigenvalue weighted by atomic mass is 35.5. The molecule has 3 aromatic rings. The Morgan fingerprint density at radius 2 is 1.76 bits per heavy atom. The van der Waals surface area contributed by atoms with Crippen molar-refractivity contribution >= 4 is 35.1 Å². The number of ether oxygens (including phenoxy) is 1. The van der Waals surface area contributed by atoms with E-state index in [2.05, 4.69) is 10.3 Å². The Kier molecular flexibility index (Phi) is 6.65.